The Hall–Kier alpha value is -0.650. The van der Waals surface area contributed by atoms with Gasteiger partial charge in [-0.25, -0.2) is 0 Å². The van der Waals surface area contributed by atoms with E-state index in [1.54, 1.807) is 0 Å². The summed E-state index contributed by atoms with van der Waals surface area (Å²) < 4.78 is 10.8. The van der Waals surface area contributed by atoms with Gasteiger partial charge in [0.2, 0.25) is 0 Å². The standard InChI is InChI=1S/C14H26N2O3/c1-3-5-15-12-4-6-16(9-11(12)2)14(17)13-10-18-7-8-19-13/h11-13,15H,3-10H2,1-2H3. The number of likely N-dealkylation sites (tertiary alicyclic amines) is 1. The van der Waals surface area contributed by atoms with Crippen LogP contribution in [-0.4, -0.2) is 62.4 Å². The molecule has 0 aromatic carbocycles. The zero-order valence-corrected chi connectivity index (χ0v) is 12.1. The van der Waals surface area contributed by atoms with E-state index in [2.05, 4.69) is 19.2 Å². The molecule has 0 saturated carbocycles. The van der Waals surface area contributed by atoms with Crippen molar-refractivity contribution in [1.82, 2.24) is 10.2 Å². The molecule has 0 aromatic rings. The molecule has 0 spiro atoms. The minimum atomic E-state index is -0.388. The van der Waals surface area contributed by atoms with Crippen LogP contribution in [0.5, 0.6) is 0 Å². The molecule has 19 heavy (non-hydrogen) atoms. The van der Waals surface area contributed by atoms with Gasteiger partial charge in [0.05, 0.1) is 19.8 Å². The first-order chi connectivity index (χ1) is 9.22. The summed E-state index contributed by atoms with van der Waals surface area (Å²) in [6.07, 6.45) is 1.79. The Morgan fingerprint density at radius 1 is 1.42 bits per heavy atom. The second-order valence-electron chi connectivity index (χ2n) is 5.55. The van der Waals surface area contributed by atoms with E-state index in [1.165, 1.54) is 0 Å². The topological polar surface area (TPSA) is 50.8 Å². The lowest BCUT2D eigenvalue weighted by atomic mass is 9.93. The lowest BCUT2D eigenvalue weighted by Gasteiger charge is -2.39. The summed E-state index contributed by atoms with van der Waals surface area (Å²) in [6, 6.07) is 0.535. The largest absolute Gasteiger partial charge is 0.376 e. The summed E-state index contributed by atoms with van der Waals surface area (Å²) in [5, 5.41) is 3.57. The minimum absolute atomic E-state index is 0.0977. The van der Waals surface area contributed by atoms with E-state index in [9.17, 15) is 4.79 Å². The van der Waals surface area contributed by atoms with Crippen LogP contribution in [0.2, 0.25) is 0 Å². The van der Waals surface area contributed by atoms with Crippen LogP contribution in [0.1, 0.15) is 26.7 Å². The molecule has 110 valence electrons. The molecular weight excluding hydrogens is 244 g/mol. The predicted octanol–water partition coefficient (Wildman–Crippen LogP) is 0.638. The third-order valence-corrected chi connectivity index (χ3v) is 3.96. The highest BCUT2D eigenvalue weighted by Gasteiger charge is 2.33. The fourth-order valence-electron chi connectivity index (χ4n) is 2.81. The molecule has 0 bridgehead atoms. The van der Waals surface area contributed by atoms with Gasteiger partial charge in [-0.3, -0.25) is 4.79 Å². The molecule has 0 aromatic heterocycles. The smallest absolute Gasteiger partial charge is 0.254 e. The Morgan fingerprint density at radius 3 is 2.89 bits per heavy atom. The summed E-state index contributed by atoms with van der Waals surface area (Å²) in [5.41, 5.74) is 0. The second kappa shape index (κ2) is 7.22. The number of nitrogens with zero attached hydrogens (tertiary/aromatic N) is 1. The van der Waals surface area contributed by atoms with Crippen molar-refractivity contribution in [3.05, 3.63) is 0 Å². The SMILES string of the molecule is CCCNC1CCN(C(=O)C2COCCO2)CC1C. The van der Waals surface area contributed by atoms with Crippen molar-refractivity contribution in [2.45, 2.75) is 38.8 Å². The minimum Gasteiger partial charge on any atom is -0.376 e. The highest BCUT2D eigenvalue weighted by atomic mass is 16.6. The van der Waals surface area contributed by atoms with Crippen LogP contribution in [0.25, 0.3) is 0 Å². The maximum atomic E-state index is 12.3. The molecule has 0 radical (unpaired) electrons. The Morgan fingerprint density at radius 2 is 2.26 bits per heavy atom. The lowest BCUT2D eigenvalue weighted by molar-refractivity contribution is -0.159. The van der Waals surface area contributed by atoms with E-state index in [-0.39, 0.29) is 12.0 Å². The summed E-state index contributed by atoms with van der Waals surface area (Å²) in [7, 11) is 0. The third kappa shape index (κ3) is 3.91. The Labute approximate surface area is 115 Å². The average Bonchev–Trinajstić information content (AvgIpc) is 2.46. The quantitative estimate of drug-likeness (QED) is 0.814. The average molecular weight is 270 g/mol. The zero-order chi connectivity index (χ0) is 13.7. The molecule has 2 rings (SSSR count). The molecule has 1 N–H and O–H groups in total. The van der Waals surface area contributed by atoms with Crippen molar-refractivity contribution in [1.29, 1.82) is 0 Å². The van der Waals surface area contributed by atoms with Crippen molar-refractivity contribution in [2.75, 3.05) is 39.5 Å². The van der Waals surface area contributed by atoms with Gasteiger partial charge in [-0.15, -0.1) is 0 Å². The van der Waals surface area contributed by atoms with E-state index in [0.29, 0.717) is 31.8 Å². The number of carbonyl (C=O) groups is 1. The van der Waals surface area contributed by atoms with Gasteiger partial charge in [-0.05, 0) is 25.3 Å². The van der Waals surface area contributed by atoms with Crippen molar-refractivity contribution in [3.63, 3.8) is 0 Å². The number of carbonyl (C=O) groups excluding carboxylic acids is 1. The molecule has 2 aliphatic rings. The summed E-state index contributed by atoms with van der Waals surface area (Å²) in [5.74, 6) is 0.592. The van der Waals surface area contributed by atoms with Crippen LogP contribution in [0.4, 0.5) is 0 Å². The van der Waals surface area contributed by atoms with Crippen molar-refractivity contribution in [2.24, 2.45) is 5.92 Å². The highest BCUT2D eigenvalue weighted by Crippen LogP contribution is 2.18. The number of amides is 1. The molecule has 3 unspecified atom stereocenters. The van der Waals surface area contributed by atoms with Gasteiger partial charge in [-0.1, -0.05) is 13.8 Å². The fourth-order valence-corrected chi connectivity index (χ4v) is 2.81. The second-order valence-corrected chi connectivity index (χ2v) is 5.55. The molecule has 2 saturated heterocycles. The van der Waals surface area contributed by atoms with Crippen LogP contribution in [0.15, 0.2) is 0 Å². The van der Waals surface area contributed by atoms with Gasteiger partial charge < -0.3 is 19.7 Å². The predicted molar refractivity (Wildman–Crippen MR) is 73.0 cm³/mol. The highest BCUT2D eigenvalue weighted by molar-refractivity contribution is 5.81. The monoisotopic (exact) mass is 270 g/mol. The number of nitrogens with one attached hydrogen (secondary N) is 1. The van der Waals surface area contributed by atoms with E-state index in [0.717, 1.165) is 32.5 Å². The first-order valence-electron chi connectivity index (χ1n) is 7.44. The summed E-state index contributed by atoms with van der Waals surface area (Å²) in [6.45, 7) is 8.62. The van der Waals surface area contributed by atoms with Gasteiger partial charge >= 0.3 is 0 Å². The zero-order valence-electron chi connectivity index (χ0n) is 12.1. The van der Waals surface area contributed by atoms with Gasteiger partial charge in [-0.2, -0.15) is 0 Å². The van der Waals surface area contributed by atoms with Crippen LogP contribution < -0.4 is 5.32 Å². The summed E-state index contributed by atoms with van der Waals surface area (Å²) >= 11 is 0. The van der Waals surface area contributed by atoms with Crippen molar-refractivity contribution < 1.29 is 14.3 Å². The molecule has 5 nitrogen and oxygen atoms in total. The summed E-state index contributed by atoms with van der Waals surface area (Å²) in [4.78, 5) is 14.3. The molecule has 0 aliphatic carbocycles. The number of hydrogen-bond donors (Lipinski definition) is 1. The molecule has 1 amide bonds. The van der Waals surface area contributed by atoms with Crippen LogP contribution in [-0.2, 0) is 14.3 Å². The first kappa shape index (κ1) is 14.8. The Balaban J connectivity index is 1.81. The van der Waals surface area contributed by atoms with E-state index < -0.39 is 0 Å². The lowest BCUT2D eigenvalue weighted by Crippen LogP contribution is -2.54. The van der Waals surface area contributed by atoms with E-state index >= 15 is 0 Å². The number of piperidine rings is 1. The number of hydrogen-bond acceptors (Lipinski definition) is 4. The number of rotatable bonds is 4. The molecule has 2 aliphatic heterocycles. The van der Waals surface area contributed by atoms with Gasteiger partial charge in [0.15, 0.2) is 6.10 Å². The van der Waals surface area contributed by atoms with Crippen molar-refractivity contribution in [3.8, 4) is 0 Å². The van der Waals surface area contributed by atoms with E-state index in [1.807, 2.05) is 4.90 Å². The first-order valence-corrected chi connectivity index (χ1v) is 7.44. The third-order valence-electron chi connectivity index (χ3n) is 3.96. The Kier molecular flexibility index (Phi) is 5.60. The maximum absolute atomic E-state index is 12.3. The molecule has 2 heterocycles. The van der Waals surface area contributed by atoms with Gasteiger partial charge in [0.1, 0.15) is 0 Å². The van der Waals surface area contributed by atoms with Crippen molar-refractivity contribution >= 4 is 5.91 Å². The fraction of sp³-hybridized carbons (Fsp3) is 0.929. The number of ether oxygens (including phenoxy) is 2. The van der Waals surface area contributed by atoms with E-state index in [4.69, 9.17) is 9.47 Å². The van der Waals surface area contributed by atoms with Gasteiger partial charge in [0.25, 0.3) is 5.91 Å². The Bertz CT molecular complexity index is 292. The van der Waals surface area contributed by atoms with Crippen LogP contribution >= 0.6 is 0 Å². The molecule has 5 heteroatoms. The molecule has 3 atom stereocenters. The van der Waals surface area contributed by atoms with Crippen LogP contribution in [0, 0.1) is 5.92 Å². The normalized spacial score (nSPS) is 32.3. The molecule has 2 fully saturated rings. The maximum Gasteiger partial charge on any atom is 0.254 e. The van der Waals surface area contributed by atoms with Crippen LogP contribution in [0.3, 0.4) is 0 Å². The van der Waals surface area contributed by atoms with Gasteiger partial charge in [0, 0.05) is 19.1 Å². The molecular formula is C14H26N2O3.